The van der Waals surface area contributed by atoms with Crippen molar-refractivity contribution in [2.24, 2.45) is 0 Å². The summed E-state index contributed by atoms with van der Waals surface area (Å²) in [6.07, 6.45) is 3.22. The van der Waals surface area contributed by atoms with Gasteiger partial charge in [0.25, 0.3) is 0 Å². The van der Waals surface area contributed by atoms with Crippen LogP contribution in [0.3, 0.4) is 0 Å². The maximum Gasteiger partial charge on any atom is -0.0308 e. The third kappa shape index (κ3) is 5.36. The molecule has 0 unspecified atom stereocenters. The van der Waals surface area contributed by atoms with E-state index in [9.17, 15) is 0 Å². The van der Waals surface area contributed by atoms with Crippen LogP contribution in [-0.2, 0) is 0 Å². The van der Waals surface area contributed by atoms with Gasteiger partial charge in [-0.1, -0.05) is 30.7 Å². The first kappa shape index (κ1) is 12.0. The molecule has 0 nitrogen and oxygen atoms in total. The fourth-order valence-corrected chi connectivity index (χ4v) is 0.752. The fourth-order valence-electron chi connectivity index (χ4n) is 0.752. The van der Waals surface area contributed by atoms with Crippen LogP contribution in [0.2, 0.25) is 0 Å². The zero-order valence-electron chi connectivity index (χ0n) is 7.41. The summed E-state index contributed by atoms with van der Waals surface area (Å²) in [5.41, 5.74) is 2.56. The van der Waals surface area contributed by atoms with Gasteiger partial charge < -0.3 is 0 Å². The summed E-state index contributed by atoms with van der Waals surface area (Å²) in [6, 6.07) is 0. The topological polar surface area (TPSA) is 0 Å². The van der Waals surface area contributed by atoms with Crippen molar-refractivity contribution >= 4 is 0 Å². The third-order valence-corrected chi connectivity index (χ3v) is 1.28. The highest BCUT2D eigenvalue weighted by molar-refractivity contribution is 5.24. The third-order valence-electron chi connectivity index (χ3n) is 1.28. The van der Waals surface area contributed by atoms with Crippen LogP contribution in [0.15, 0.2) is 37.0 Å². The van der Waals surface area contributed by atoms with Gasteiger partial charge in [0.1, 0.15) is 0 Å². The van der Waals surface area contributed by atoms with Gasteiger partial charge >= 0.3 is 0 Å². The van der Waals surface area contributed by atoms with Crippen LogP contribution in [0.4, 0.5) is 0 Å². The molecule has 0 aliphatic rings. The maximum atomic E-state index is 3.83. The second kappa shape index (κ2) is 8.22. The average Bonchev–Trinajstić information content (AvgIpc) is 1.94. The van der Waals surface area contributed by atoms with E-state index in [1.54, 1.807) is 0 Å². The molecular formula is C10H18. The summed E-state index contributed by atoms with van der Waals surface area (Å²) in [5, 5.41) is 0. The van der Waals surface area contributed by atoms with Crippen LogP contribution in [0.1, 0.15) is 27.2 Å². The van der Waals surface area contributed by atoms with Gasteiger partial charge in [0.15, 0.2) is 0 Å². The second-order valence-electron chi connectivity index (χ2n) is 1.95. The van der Waals surface area contributed by atoms with E-state index in [1.165, 1.54) is 11.1 Å². The van der Waals surface area contributed by atoms with Crippen molar-refractivity contribution in [2.75, 3.05) is 0 Å². The normalized spacial score (nSPS) is 9.70. The first-order chi connectivity index (χ1) is 4.72. The summed E-state index contributed by atoms with van der Waals surface area (Å²) in [6.45, 7) is 16.1. The smallest absolute Gasteiger partial charge is 0.0308 e. The number of rotatable bonds is 2. The molecule has 0 amide bonds. The first-order valence-corrected chi connectivity index (χ1v) is 3.53. The highest BCUT2D eigenvalue weighted by atomic mass is 13.9. The van der Waals surface area contributed by atoms with Crippen molar-refractivity contribution in [2.45, 2.75) is 27.2 Å². The Balaban J connectivity index is 0. The Bertz CT molecular complexity index is 118. The van der Waals surface area contributed by atoms with E-state index in [0.717, 1.165) is 6.42 Å². The monoisotopic (exact) mass is 138 g/mol. The van der Waals surface area contributed by atoms with Gasteiger partial charge in [-0.2, -0.15) is 0 Å². The van der Waals surface area contributed by atoms with Gasteiger partial charge in [-0.25, -0.2) is 0 Å². The summed E-state index contributed by atoms with van der Waals surface area (Å²) < 4.78 is 0. The van der Waals surface area contributed by atoms with Crippen molar-refractivity contribution < 1.29 is 0 Å². The van der Waals surface area contributed by atoms with E-state index >= 15 is 0 Å². The predicted molar refractivity (Wildman–Crippen MR) is 50.1 cm³/mol. The summed E-state index contributed by atoms with van der Waals surface area (Å²) in [5.74, 6) is 0. The van der Waals surface area contributed by atoms with Crippen LogP contribution in [0, 0.1) is 0 Å². The Labute approximate surface area is 65.0 Å². The molecule has 0 heterocycles. The molecule has 0 rings (SSSR count). The SMILES string of the molecule is C=C.C=C(C)/C(=C\C)CC. The van der Waals surface area contributed by atoms with Gasteiger partial charge in [0.05, 0.1) is 0 Å². The molecule has 10 heavy (non-hydrogen) atoms. The largest absolute Gasteiger partial charge is 0.106 e. The summed E-state index contributed by atoms with van der Waals surface area (Å²) >= 11 is 0. The summed E-state index contributed by atoms with van der Waals surface area (Å²) in [7, 11) is 0. The van der Waals surface area contributed by atoms with E-state index in [0.29, 0.717) is 0 Å². The van der Waals surface area contributed by atoms with Crippen molar-refractivity contribution in [1.29, 1.82) is 0 Å². The predicted octanol–water partition coefficient (Wildman–Crippen LogP) is 3.72. The molecule has 0 aromatic carbocycles. The molecule has 0 heteroatoms. The van der Waals surface area contributed by atoms with Crippen LogP contribution in [0.25, 0.3) is 0 Å². The van der Waals surface area contributed by atoms with Crippen LogP contribution in [-0.4, -0.2) is 0 Å². The van der Waals surface area contributed by atoms with Gasteiger partial charge in [-0.3, -0.25) is 0 Å². The van der Waals surface area contributed by atoms with Crippen molar-refractivity contribution in [3.8, 4) is 0 Å². The zero-order valence-corrected chi connectivity index (χ0v) is 7.41. The number of allylic oxidation sites excluding steroid dienone is 3. The Morgan fingerprint density at radius 3 is 1.80 bits per heavy atom. The molecule has 0 N–H and O–H groups in total. The minimum atomic E-state index is 1.10. The maximum absolute atomic E-state index is 3.83. The minimum Gasteiger partial charge on any atom is -0.106 e. The lowest BCUT2D eigenvalue weighted by Gasteiger charge is -1.98. The second-order valence-corrected chi connectivity index (χ2v) is 1.95. The molecule has 0 aromatic heterocycles. The van der Waals surface area contributed by atoms with Crippen LogP contribution >= 0.6 is 0 Å². The molecule has 58 valence electrons. The van der Waals surface area contributed by atoms with Gasteiger partial charge in [-0.05, 0) is 20.3 Å². The zero-order chi connectivity index (χ0) is 8.57. The lowest BCUT2D eigenvalue weighted by atomic mass is 10.1. The highest BCUT2D eigenvalue weighted by Gasteiger charge is 1.88. The Morgan fingerprint density at radius 2 is 1.80 bits per heavy atom. The Morgan fingerprint density at radius 1 is 1.40 bits per heavy atom. The molecule has 0 spiro atoms. The molecule has 0 aliphatic heterocycles. The quantitative estimate of drug-likeness (QED) is 0.403. The molecule has 0 saturated heterocycles. The van der Waals surface area contributed by atoms with Crippen molar-refractivity contribution in [3.05, 3.63) is 37.0 Å². The van der Waals surface area contributed by atoms with Crippen LogP contribution in [0.5, 0.6) is 0 Å². The van der Waals surface area contributed by atoms with E-state index in [1.807, 2.05) is 13.8 Å². The molecule has 0 saturated carbocycles. The van der Waals surface area contributed by atoms with E-state index in [-0.39, 0.29) is 0 Å². The minimum absolute atomic E-state index is 1.10. The fraction of sp³-hybridized carbons (Fsp3) is 0.400. The van der Waals surface area contributed by atoms with Crippen molar-refractivity contribution in [3.63, 3.8) is 0 Å². The van der Waals surface area contributed by atoms with Gasteiger partial charge in [0, 0.05) is 0 Å². The average molecular weight is 138 g/mol. The highest BCUT2D eigenvalue weighted by Crippen LogP contribution is 2.09. The number of hydrogen-bond acceptors (Lipinski definition) is 0. The lowest BCUT2D eigenvalue weighted by Crippen LogP contribution is -1.78. The molecular weight excluding hydrogens is 120 g/mol. The van der Waals surface area contributed by atoms with E-state index in [2.05, 4.69) is 32.7 Å². The van der Waals surface area contributed by atoms with Crippen molar-refractivity contribution in [1.82, 2.24) is 0 Å². The number of hydrogen-bond donors (Lipinski definition) is 0. The molecule has 0 radical (unpaired) electrons. The van der Waals surface area contributed by atoms with E-state index < -0.39 is 0 Å². The van der Waals surface area contributed by atoms with Crippen LogP contribution < -0.4 is 0 Å². The first-order valence-electron chi connectivity index (χ1n) is 3.53. The molecule has 0 aromatic rings. The van der Waals surface area contributed by atoms with Gasteiger partial charge in [-0.15, -0.1) is 13.2 Å². The molecule has 0 atom stereocenters. The lowest BCUT2D eigenvalue weighted by molar-refractivity contribution is 1.10. The molecule has 0 aliphatic carbocycles. The Hall–Kier alpha value is -0.780. The van der Waals surface area contributed by atoms with E-state index in [4.69, 9.17) is 0 Å². The van der Waals surface area contributed by atoms with Gasteiger partial charge in [0.2, 0.25) is 0 Å². The Kier molecular flexibility index (Phi) is 9.82. The summed E-state index contributed by atoms with van der Waals surface area (Å²) in [4.78, 5) is 0. The molecule has 0 fully saturated rings. The standard InChI is InChI=1S/C8H14.C2H4/c1-5-8(6-2)7(3)4;1-2/h5H,3,6H2,1-2,4H3;1-2H2/b8-5-;. The molecule has 0 bridgehead atoms.